The minimum atomic E-state index is -0.744. The third kappa shape index (κ3) is 7.14. The Morgan fingerprint density at radius 3 is 2.46 bits per heavy atom. The van der Waals surface area contributed by atoms with Crippen LogP contribution in [0.15, 0.2) is 30.3 Å². The summed E-state index contributed by atoms with van der Waals surface area (Å²) in [4.78, 5) is 26.1. The lowest BCUT2D eigenvalue weighted by molar-refractivity contribution is -0.132. The Morgan fingerprint density at radius 1 is 1.29 bits per heavy atom. The molecule has 0 bridgehead atoms. The van der Waals surface area contributed by atoms with Gasteiger partial charge in [0.05, 0.1) is 12.5 Å². The lowest BCUT2D eigenvalue weighted by atomic mass is 10.0. The number of carbonyl (C=O) groups is 2. The molecule has 1 atom stereocenters. The summed E-state index contributed by atoms with van der Waals surface area (Å²) in [5, 5.41) is 11.3. The van der Waals surface area contributed by atoms with Crippen molar-refractivity contribution >= 4 is 12.0 Å². The number of amides is 2. The Labute approximate surface area is 143 Å². The average molecular weight is 331 g/mol. The van der Waals surface area contributed by atoms with Gasteiger partial charge in [-0.15, -0.1) is 0 Å². The van der Waals surface area contributed by atoms with Gasteiger partial charge < -0.3 is 15.0 Å². The summed E-state index contributed by atoms with van der Waals surface area (Å²) in [7, 11) is 1.62. The van der Waals surface area contributed by atoms with Gasteiger partial charge >= 0.3 is 6.09 Å². The molecule has 6 heteroatoms. The number of alkyl carbamates (subject to hydrolysis) is 1. The molecule has 1 aromatic rings. The Morgan fingerprint density at radius 2 is 1.92 bits per heavy atom. The summed E-state index contributed by atoms with van der Waals surface area (Å²) in [6.07, 6.45) is -0.0341. The molecule has 1 aromatic carbocycles. The van der Waals surface area contributed by atoms with Gasteiger partial charge in [0.15, 0.2) is 0 Å². The van der Waals surface area contributed by atoms with Crippen molar-refractivity contribution in [3.63, 3.8) is 0 Å². The highest BCUT2D eigenvalue weighted by atomic mass is 16.6. The normalized spacial score (nSPS) is 12.0. The van der Waals surface area contributed by atoms with Crippen LogP contribution in [0.5, 0.6) is 0 Å². The number of hydrogen-bond donors (Lipinski definition) is 1. The minimum Gasteiger partial charge on any atom is -0.444 e. The van der Waals surface area contributed by atoms with Gasteiger partial charge in [-0.2, -0.15) is 5.26 Å². The van der Waals surface area contributed by atoms with Crippen molar-refractivity contribution in [3.05, 3.63) is 35.9 Å². The van der Waals surface area contributed by atoms with Crippen LogP contribution < -0.4 is 5.32 Å². The molecule has 0 aliphatic heterocycles. The quantitative estimate of drug-likeness (QED) is 0.868. The van der Waals surface area contributed by atoms with Crippen LogP contribution in [-0.2, 0) is 16.0 Å². The number of hydrogen-bond acceptors (Lipinski definition) is 4. The fraction of sp³-hybridized carbons (Fsp3) is 0.500. The van der Waals surface area contributed by atoms with Crippen LogP contribution in [-0.4, -0.2) is 42.1 Å². The molecule has 1 unspecified atom stereocenters. The summed E-state index contributed by atoms with van der Waals surface area (Å²) >= 11 is 0. The zero-order chi connectivity index (χ0) is 18.2. The highest BCUT2D eigenvalue weighted by molar-refractivity contribution is 5.85. The minimum absolute atomic E-state index is 0.243. The molecule has 0 heterocycles. The standard InChI is InChI=1S/C18H25N3O3/c1-18(2,3)24-17(23)20-15(13-14-9-6-5-7-10-14)16(22)21(4)12-8-11-19/h5-7,9-10,15H,8,12-13H2,1-4H3,(H,20,23). The number of benzene rings is 1. The fourth-order valence-electron chi connectivity index (χ4n) is 2.09. The monoisotopic (exact) mass is 331 g/mol. The molecule has 0 aliphatic rings. The Bertz CT molecular complexity index is 588. The van der Waals surface area contributed by atoms with E-state index in [4.69, 9.17) is 10.00 Å². The summed E-state index contributed by atoms with van der Waals surface area (Å²) < 4.78 is 5.24. The highest BCUT2D eigenvalue weighted by Crippen LogP contribution is 2.10. The van der Waals surface area contributed by atoms with Crippen LogP contribution >= 0.6 is 0 Å². The van der Waals surface area contributed by atoms with Gasteiger partial charge in [-0.25, -0.2) is 4.79 Å². The largest absolute Gasteiger partial charge is 0.444 e. The zero-order valence-electron chi connectivity index (χ0n) is 14.7. The number of nitriles is 1. The molecule has 1 N–H and O–H groups in total. The van der Waals surface area contributed by atoms with Crippen LogP contribution in [0.1, 0.15) is 32.8 Å². The van der Waals surface area contributed by atoms with Gasteiger partial charge in [0, 0.05) is 20.0 Å². The topological polar surface area (TPSA) is 82.4 Å². The van der Waals surface area contributed by atoms with Crippen LogP contribution in [0, 0.1) is 11.3 Å². The summed E-state index contributed by atoms with van der Waals surface area (Å²) in [6.45, 7) is 5.61. The van der Waals surface area contributed by atoms with Crippen molar-refractivity contribution < 1.29 is 14.3 Å². The number of carbonyl (C=O) groups excluding carboxylic acids is 2. The molecule has 0 saturated carbocycles. The van der Waals surface area contributed by atoms with Crippen molar-refractivity contribution in [2.45, 2.75) is 45.3 Å². The second-order valence-corrected chi connectivity index (χ2v) is 6.56. The summed E-state index contributed by atoms with van der Waals surface area (Å²) in [6, 6.07) is 10.7. The highest BCUT2D eigenvalue weighted by Gasteiger charge is 2.26. The number of ether oxygens (including phenoxy) is 1. The van der Waals surface area contributed by atoms with Gasteiger partial charge in [-0.05, 0) is 26.3 Å². The number of rotatable bonds is 6. The molecule has 1 rings (SSSR count). The maximum absolute atomic E-state index is 12.6. The molecular formula is C18H25N3O3. The van der Waals surface area contributed by atoms with Gasteiger partial charge in [0.25, 0.3) is 0 Å². The number of likely N-dealkylation sites (N-methyl/N-ethyl adjacent to an activating group) is 1. The second-order valence-electron chi connectivity index (χ2n) is 6.56. The Hall–Kier alpha value is -2.55. The second kappa shape index (κ2) is 8.92. The SMILES string of the molecule is CN(CCC#N)C(=O)C(Cc1ccccc1)NC(=O)OC(C)(C)C. The van der Waals surface area contributed by atoms with Crippen molar-refractivity contribution in [2.24, 2.45) is 0 Å². The van der Waals surface area contributed by atoms with Crippen LogP contribution in [0.25, 0.3) is 0 Å². The van der Waals surface area contributed by atoms with E-state index in [1.165, 1.54) is 4.90 Å². The van der Waals surface area contributed by atoms with Crippen LogP contribution in [0.2, 0.25) is 0 Å². The van der Waals surface area contributed by atoms with Crippen molar-refractivity contribution in [2.75, 3.05) is 13.6 Å². The van der Waals surface area contributed by atoms with Crippen molar-refractivity contribution in [1.29, 1.82) is 5.26 Å². The summed E-state index contributed by atoms with van der Waals surface area (Å²) in [5.74, 6) is -0.250. The average Bonchev–Trinajstić information content (AvgIpc) is 2.50. The molecule has 2 amide bonds. The third-order valence-electron chi connectivity index (χ3n) is 3.21. The molecule has 0 saturated heterocycles. The Kier molecular flexibility index (Phi) is 7.25. The smallest absolute Gasteiger partial charge is 0.408 e. The van der Waals surface area contributed by atoms with E-state index in [1.54, 1.807) is 27.8 Å². The molecule has 0 spiro atoms. The molecule has 0 aromatic heterocycles. The van der Waals surface area contributed by atoms with E-state index in [-0.39, 0.29) is 12.3 Å². The van der Waals surface area contributed by atoms with Crippen LogP contribution in [0.3, 0.4) is 0 Å². The first kappa shape index (κ1) is 19.5. The van der Waals surface area contributed by atoms with Crippen molar-refractivity contribution in [1.82, 2.24) is 10.2 Å². The van der Waals surface area contributed by atoms with Gasteiger partial charge in [0.2, 0.25) is 5.91 Å². The lowest BCUT2D eigenvalue weighted by Crippen LogP contribution is -2.50. The van der Waals surface area contributed by atoms with E-state index in [0.717, 1.165) is 5.56 Å². The predicted octanol–water partition coefficient (Wildman–Crippen LogP) is 2.49. The van der Waals surface area contributed by atoms with E-state index in [9.17, 15) is 9.59 Å². The Balaban J connectivity index is 2.84. The van der Waals surface area contributed by atoms with Crippen LogP contribution in [0.4, 0.5) is 4.79 Å². The van der Waals surface area contributed by atoms with E-state index in [0.29, 0.717) is 13.0 Å². The first-order valence-electron chi connectivity index (χ1n) is 7.88. The molecule has 0 radical (unpaired) electrons. The van der Waals surface area contributed by atoms with Gasteiger partial charge in [-0.1, -0.05) is 30.3 Å². The maximum atomic E-state index is 12.6. The predicted molar refractivity (Wildman–Crippen MR) is 91.2 cm³/mol. The number of nitrogens with one attached hydrogen (secondary N) is 1. The molecular weight excluding hydrogens is 306 g/mol. The first-order chi connectivity index (χ1) is 11.2. The molecule has 0 fully saturated rings. The summed E-state index contributed by atoms with van der Waals surface area (Å²) in [5.41, 5.74) is 0.289. The molecule has 6 nitrogen and oxygen atoms in total. The zero-order valence-corrected chi connectivity index (χ0v) is 14.7. The van der Waals surface area contributed by atoms with E-state index >= 15 is 0 Å². The third-order valence-corrected chi connectivity index (χ3v) is 3.21. The maximum Gasteiger partial charge on any atom is 0.408 e. The molecule has 0 aliphatic carbocycles. The molecule has 130 valence electrons. The molecule has 24 heavy (non-hydrogen) atoms. The number of nitrogens with zero attached hydrogens (tertiary/aromatic N) is 2. The van der Waals surface area contributed by atoms with E-state index in [1.807, 2.05) is 36.4 Å². The van der Waals surface area contributed by atoms with E-state index in [2.05, 4.69) is 5.32 Å². The van der Waals surface area contributed by atoms with Gasteiger partial charge in [-0.3, -0.25) is 4.79 Å². The lowest BCUT2D eigenvalue weighted by Gasteiger charge is -2.26. The fourth-order valence-corrected chi connectivity index (χ4v) is 2.09. The van der Waals surface area contributed by atoms with Gasteiger partial charge in [0.1, 0.15) is 11.6 Å². The van der Waals surface area contributed by atoms with Crippen molar-refractivity contribution in [3.8, 4) is 6.07 Å². The van der Waals surface area contributed by atoms with E-state index < -0.39 is 17.7 Å². The first-order valence-corrected chi connectivity index (χ1v) is 7.88.